The van der Waals surface area contributed by atoms with Crippen molar-refractivity contribution in [1.29, 1.82) is 0 Å². The van der Waals surface area contributed by atoms with Crippen LogP contribution < -0.4 is 16.2 Å². The standard InChI is InChI=1S/C19H22N6O2S2/c1-12-5-6-14(13(2)10-12)20-11-17(27)22-21-16(26)7-8-25-18(23-24-19(25)28)15-4-3-9-29-15/h3-6,9-10,20H,7-8,11H2,1-2H3,(H,21,26)(H,22,27)(H,24,28). The van der Waals surface area contributed by atoms with Crippen LogP contribution in [0.1, 0.15) is 17.5 Å². The normalized spacial score (nSPS) is 10.6. The van der Waals surface area contributed by atoms with Gasteiger partial charge in [0.1, 0.15) is 0 Å². The second kappa shape index (κ2) is 9.48. The van der Waals surface area contributed by atoms with Crippen molar-refractivity contribution in [1.82, 2.24) is 25.6 Å². The Morgan fingerprint density at radius 1 is 1.21 bits per heavy atom. The van der Waals surface area contributed by atoms with Gasteiger partial charge in [-0.1, -0.05) is 23.8 Å². The molecule has 1 aromatic carbocycles. The molecule has 0 saturated heterocycles. The molecule has 0 atom stereocenters. The monoisotopic (exact) mass is 430 g/mol. The smallest absolute Gasteiger partial charge is 0.257 e. The van der Waals surface area contributed by atoms with Crippen molar-refractivity contribution in [3.63, 3.8) is 0 Å². The van der Waals surface area contributed by atoms with Gasteiger partial charge in [0, 0.05) is 18.7 Å². The van der Waals surface area contributed by atoms with Crippen LogP contribution in [0, 0.1) is 18.6 Å². The summed E-state index contributed by atoms with van der Waals surface area (Å²) in [6.45, 7) is 4.39. The summed E-state index contributed by atoms with van der Waals surface area (Å²) in [4.78, 5) is 25.0. The molecule has 0 unspecified atom stereocenters. The molecule has 3 rings (SSSR count). The Hall–Kier alpha value is -2.98. The van der Waals surface area contributed by atoms with Gasteiger partial charge in [-0.3, -0.25) is 30.1 Å². The summed E-state index contributed by atoms with van der Waals surface area (Å²) >= 11 is 6.79. The maximum atomic E-state index is 12.1. The molecule has 3 aromatic rings. The molecule has 0 saturated carbocycles. The third-order valence-electron chi connectivity index (χ3n) is 4.22. The summed E-state index contributed by atoms with van der Waals surface area (Å²) in [6, 6.07) is 9.80. The molecule has 2 heterocycles. The molecule has 0 fully saturated rings. The number of hydrazine groups is 1. The SMILES string of the molecule is Cc1ccc(NCC(=O)NNC(=O)CCn2c(-c3cccs3)n[nH]c2=S)c(C)c1. The van der Waals surface area contributed by atoms with Gasteiger partial charge in [-0.25, -0.2) is 0 Å². The second-order valence-electron chi connectivity index (χ2n) is 6.50. The highest BCUT2D eigenvalue weighted by atomic mass is 32.1. The fourth-order valence-electron chi connectivity index (χ4n) is 2.77. The Morgan fingerprint density at radius 2 is 2.00 bits per heavy atom. The van der Waals surface area contributed by atoms with Crippen LogP contribution in [0.25, 0.3) is 10.7 Å². The highest BCUT2D eigenvalue weighted by Gasteiger charge is 2.12. The molecule has 0 aliphatic rings. The molecule has 8 nitrogen and oxygen atoms in total. The predicted molar refractivity (Wildman–Crippen MR) is 116 cm³/mol. The van der Waals surface area contributed by atoms with Crippen LogP contribution in [-0.2, 0) is 16.1 Å². The molecule has 0 spiro atoms. The number of aryl methyl sites for hydroxylation is 2. The maximum Gasteiger partial charge on any atom is 0.257 e. The van der Waals surface area contributed by atoms with Crippen molar-refractivity contribution >= 4 is 41.1 Å². The lowest BCUT2D eigenvalue weighted by molar-refractivity contribution is -0.128. The zero-order valence-corrected chi connectivity index (χ0v) is 17.7. The minimum Gasteiger partial charge on any atom is -0.376 e. The minimum atomic E-state index is -0.336. The lowest BCUT2D eigenvalue weighted by Gasteiger charge is -2.11. The van der Waals surface area contributed by atoms with Crippen LogP contribution in [0.5, 0.6) is 0 Å². The Balaban J connectivity index is 1.45. The summed E-state index contributed by atoms with van der Waals surface area (Å²) in [5, 5.41) is 12.0. The molecule has 0 aliphatic heterocycles. The maximum absolute atomic E-state index is 12.1. The molecule has 0 aliphatic carbocycles. The quantitative estimate of drug-likeness (QED) is 0.341. The van der Waals surface area contributed by atoms with Crippen LogP contribution in [0.3, 0.4) is 0 Å². The van der Waals surface area contributed by atoms with E-state index in [1.807, 2.05) is 49.6 Å². The molecule has 152 valence electrons. The van der Waals surface area contributed by atoms with Gasteiger partial charge in [-0.05, 0) is 49.1 Å². The second-order valence-corrected chi connectivity index (χ2v) is 7.83. The lowest BCUT2D eigenvalue weighted by Crippen LogP contribution is -2.44. The third-order valence-corrected chi connectivity index (χ3v) is 5.40. The molecule has 4 N–H and O–H groups in total. The van der Waals surface area contributed by atoms with E-state index >= 15 is 0 Å². The molecule has 0 bridgehead atoms. The van der Waals surface area contributed by atoms with Gasteiger partial charge in [0.25, 0.3) is 5.91 Å². The topological polar surface area (TPSA) is 104 Å². The fraction of sp³-hybridized carbons (Fsp3) is 0.263. The van der Waals surface area contributed by atoms with Crippen molar-refractivity contribution in [2.75, 3.05) is 11.9 Å². The first-order valence-electron chi connectivity index (χ1n) is 9.02. The van der Waals surface area contributed by atoms with Crippen LogP contribution in [0.15, 0.2) is 35.7 Å². The summed E-state index contributed by atoms with van der Waals surface area (Å²) in [5.41, 5.74) is 7.93. The summed E-state index contributed by atoms with van der Waals surface area (Å²) in [7, 11) is 0. The van der Waals surface area contributed by atoms with Crippen molar-refractivity contribution in [2.45, 2.75) is 26.8 Å². The van der Waals surface area contributed by atoms with Gasteiger partial charge in [0.05, 0.1) is 11.4 Å². The molecule has 29 heavy (non-hydrogen) atoms. The average molecular weight is 431 g/mol. The highest BCUT2D eigenvalue weighted by Crippen LogP contribution is 2.22. The van der Waals surface area contributed by atoms with E-state index in [9.17, 15) is 9.59 Å². The van der Waals surface area contributed by atoms with E-state index in [0.717, 1.165) is 21.7 Å². The number of H-pyrrole nitrogens is 1. The summed E-state index contributed by atoms with van der Waals surface area (Å²) in [6.07, 6.45) is 0.150. The van der Waals surface area contributed by atoms with E-state index in [1.165, 1.54) is 0 Å². The van der Waals surface area contributed by atoms with E-state index in [4.69, 9.17) is 12.2 Å². The van der Waals surface area contributed by atoms with Gasteiger partial charge in [0.15, 0.2) is 10.6 Å². The van der Waals surface area contributed by atoms with Gasteiger partial charge >= 0.3 is 0 Å². The molecule has 10 heteroatoms. The molecule has 2 aromatic heterocycles. The van der Waals surface area contributed by atoms with Gasteiger partial charge < -0.3 is 5.32 Å². The number of benzene rings is 1. The number of anilines is 1. The number of hydrogen-bond acceptors (Lipinski definition) is 6. The largest absolute Gasteiger partial charge is 0.376 e. The number of aromatic amines is 1. The zero-order chi connectivity index (χ0) is 20.8. The molecular weight excluding hydrogens is 408 g/mol. The van der Waals surface area contributed by atoms with Crippen molar-refractivity contribution in [3.8, 4) is 10.7 Å². The van der Waals surface area contributed by atoms with Gasteiger partial charge in [-0.15, -0.1) is 11.3 Å². The third kappa shape index (κ3) is 5.52. The van der Waals surface area contributed by atoms with E-state index in [0.29, 0.717) is 17.1 Å². The van der Waals surface area contributed by atoms with Crippen LogP contribution >= 0.6 is 23.6 Å². The minimum absolute atomic E-state index is 0.0551. The number of nitrogens with zero attached hydrogens (tertiary/aromatic N) is 2. The number of amides is 2. The van der Waals surface area contributed by atoms with Crippen molar-refractivity contribution in [2.24, 2.45) is 0 Å². The van der Waals surface area contributed by atoms with E-state index in [1.54, 1.807) is 15.9 Å². The van der Waals surface area contributed by atoms with E-state index in [2.05, 4.69) is 26.4 Å². The molecular formula is C19H22N6O2S2. The van der Waals surface area contributed by atoms with Crippen LogP contribution in [0.4, 0.5) is 5.69 Å². The van der Waals surface area contributed by atoms with Crippen molar-refractivity contribution < 1.29 is 9.59 Å². The van der Waals surface area contributed by atoms with Crippen LogP contribution in [0.2, 0.25) is 0 Å². The number of carbonyl (C=O) groups excluding carboxylic acids is 2. The Bertz CT molecular complexity index is 1060. The van der Waals surface area contributed by atoms with E-state index < -0.39 is 0 Å². The highest BCUT2D eigenvalue weighted by molar-refractivity contribution is 7.71. The predicted octanol–water partition coefficient (Wildman–Crippen LogP) is 2.94. The average Bonchev–Trinajstić information content (AvgIpc) is 3.33. The number of nitrogens with one attached hydrogen (secondary N) is 4. The number of rotatable bonds is 7. The van der Waals surface area contributed by atoms with Gasteiger partial charge in [0.2, 0.25) is 5.91 Å². The van der Waals surface area contributed by atoms with Crippen LogP contribution in [-0.4, -0.2) is 33.1 Å². The number of hydrogen-bond donors (Lipinski definition) is 4. The molecule has 2 amide bonds. The zero-order valence-electron chi connectivity index (χ0n) is 16.1. The lowest BCUT2D eigenvalue weighted by atomic mass is 10.1. The Kier molecular flexibility index (Phi) is 6.78. The first kappa shape index (κ1) is 20.7. The van der Waals surface area contributed by atoms with Gasteiger partial charge in [-0.2, -0.15) is 5.10 Å². The Labute approximate surface area is 177 Å². The number of aromatic nitrogens is 3. The first-order valence-corrected chi connectivity index (χ1v) is 10.3. The number of thiophene rings is 1. The van der Waals surface area contributed by atoms with Crippen molar-refractivity contribution in [3.05, 3.63) is 51.6 Å². The summed E-state index contributed by atoms with van der Waals surface area (Å²) < 4.78 is 2.22. The molecule has 0 radical (unpaired) electrons. The number of carbonyl (C=O) groups is 2. The Morgan fingerprint density at radius 3 is 2.72 bits per heavy atom. The summed E-state index contributed by atoms with van der Waals surface area (Å²) in [5.74, 6) is 0.0436. The first-order chi connectivity index (χ1) is 13.9. The fourth-order valence-corrected chi connectivity index (χ4v) is 3.71. The van der Waals surface area contributed by atoms with E-state index in [-0.39, 0.29) is 24.8 Å².